The van der Waals surface area contributed by atoms with Crippen molar-refractivity contribution < 1.29 is 24.5 Å². The van der Waals surface area contributed by atoms with E-state index in [1.54, 1.807) is 6.08 Å². The summed E-state index contributed by atoms with van der Waals surface area (Å²) in [6, 6.07) is -0.632. The van der Waals surface area contributed by atoms with E-state index in [1.165, 1.54) is 340 Å². The molecule has 500 valence electrons. The maximum absolute atomic E-state index is 12.6. The van der Waals surface area contributed by atoms with Crippen molar-refractivity contribution in [2.75, 3.05) is 13.2 Å². The van der Waals surface area contributed by atoms with Crippen LogP contribution in [0.15, 0.2) is 48.6 Å². The molecule has 0 radical (unpaired) electrons. The fourth-order valence-electron chi connectivity index (χ4n) is 12.0. The number of amides is 1. The van der Waals surface area contributed by atoms with Crippen LogP contribution >= 0.6 is 0 Å². The molecule has 0 saturated heterocycles. The molecule has 6 heteroatoms. The molecule has 2 unspecified atom stereocenters. The van der Waals surface area contributed by atoms with Crippen LogP contribution < -0.4 is 5.32 Å². The summed E-state index contributed by atoms with van der Waals surface area (Å²) < 4.78 is 5.50. The average Bonchev–Trinajstić information content (AvgIpc) is 3.51. The van der Waals surface area contributed by atoms with Gasteiger partial charge in [0.05, 0.1) is 25.4 Å². The molecule has 0 saturated carbocycles. The van der Waals surface area contributed by atoms with Gasteiger partial charge in [0.15, 0.2) is 0 Å². The molecule has 0 aliphatic heterocycles. The molecule has 0 heterocycles. The van der Waals surface area contributed by atoms with Crippen LogP contribution in [0.25, 0.3) is 0 Å². The zero-order chi connectivity index (χ0) is 61.3. The molecule has 0 aliphatic carbocycles. The van der Waals surface area contributed by atoms with Gasteiger partial charge in [0, 0.05) is 12.8 Å². The van der Waals surface area contributed by atoms with Crippen molar-refractivity contribution in [2.24, 2.45) is 0 Å². The zero-order valence-electron chi connectivity index (χ0n) is 57.4. The number of rotatable bonds is 72. The van der Waals surface area contributed by atoms with Crippen LogP contribution in [0.2, 0.25) is 0 Å². The second-order valence-corrected chi connectivity index (χ2v) is 26.3. The van der Waals surface area contributed by atoms with Gasteiger partial charge >= 0.3 is 5.97 Å². The molecule has 0 aromatic carbocycles. The van der Waals surface area contributed by atoms with Crippen molar-refractivity contribution in [3.05, 3.63) is 48.6 Å². The van der Waals surface area contributed by atoms with E-state index in [2.05, 4.69) is 55.6 Å². The number of aliphatic hydroxyl groups is 2. The maximum atomic E-state index is 12.6. The van der Waals surface area contributed by atoms with Crippen LogP contribution in [-0.4, -0.2) is 47.4 Å². The normalized spacial score (nSPS) is 12.8. The van der Waals surface area contributed by atoms with Crippen molar-refractivity contribution >= 4 is 11.9 Å². The lowest BCUT2D eigenvalue weighted by atomic mass is 10.0. The highest BCUT2D eigenvalue weighted by atomic mass is 16.5. The molecule has 0 aromatic rings. The van der Waals surface area contributed by atoms with Gasteiger partial charge in [-0.25, -0.2) is 0 Å². The molecular formula is C79H149NO5. The number of carbonyl (C=O) groups is 2. The van der Waals surface area contributed by atoms with Gasteiger partial charge in [0.1, 0.15) is 0 Å². The summed E-state index contributed by atoms with van der Waals surface area (Å²) in [5, 5.41) is 23.3. The van der Waals surface area contributed by atoms with Crippen LogP contribution in [0.5, 0.6) is 0 Å². The van der Waals surface area contributed by atoms with Gasteiger partial charge in [0.25, 0.3) is 0 Å². The topological polar surface area (TPSA) is 95.9 Å². The van der Waals surface area contributed by atoms with Gasteiger partial charge in [-0.15, -0.1) is 0 Å². The number of aliphatic hydroxyl groups excluding tert-OH is 2. The van der Waals surface area contributed by atoms with Gasteiger partial charge in [-0.1, -0.05) is 364 Å². The van der Waals surface area contributed by atoms with Gasteiger partial charge in [-0.05, 0) is 89.9 Å². The van der Waals surface area contributed by atoms with Crippen molar-refractivity contribution in [2.45, 2.75) is 431 Å². The number of nitrogens with one attached hydrogen (secondary N) is 1. The van der Waals surface area contributed by atoms with Crippen molar-refractivity contribution in [3.8, 4) is 0 Å². The molecule has 6 nitrogen and oxygen atoms in total. The van der Waals surface area contributed by atoms with E-state index in [-0.39, 0.29) is 18.5 Å². The highest BCUT2D eigenvalue weighted by Gasteiger charge is 2.18. The summed E-state index contributed by atoms with van der Waals surface area (Å²) in [6.07, 6.45) is 97.8. The lowest BCUT2D eigenvalue weighted by Gasteiger charge is -2.20. The smallest absolute Gasteiger partial charge is 0.305 e. The average molecular weight is 1190 g/mol. The summed E-state index contributed by atoms with van der Waals surface area (Å²) in [6.45, 7) is 4.91. The molecule has 2 atom stereocenters. The minimum Gasteiger partial charge on any atom is -0.466 e. The number of unbranched alkanes of at least 4 members (excludes halogenated alkanes) is 55. The van der Waals surface area contributed by atoms with Gasteiger partial charge < -0.3 is 20.3 Å². The number of ether oxygens (including phenoxy) is 1. The number of allylic oxidation sites excluding steroid dienone is 7. The molecular weight excluding hydrogens is 1040 g/mol. The Hall–Kier alpha value is -2.18. The van der Waals surface area contributed by atoms with Gasteiger partial charge in [-0.2, -0.15) is 0 Å². The van der Waals surface area contributed by atoms with Crippen LogP contribution in [-0.2, 0) is 14.3 Å². The van der Waals surface area contributed by atoms with Crippen molar-refractivity contribution in [1.29, 1.82) is 0 Å². The first-order valence-electron chi connectivity index (χ1n) is 38.4. The SMILES string of the molecule is CCCCC/C=C\C/C=C\CCCCCCCCCC(=O)OCCCCCCCCCCCCCC/C=C\CCCCCCCCCCCCC(=O)NC(CO)C(O)/C=C/CCCCCCCCCCCCCCCCCCCCCCCCC. The predicted octanol–water partition coefficient (Wildman–Crippen LogP) is 25.2. The second kappa shape index (κ2) is 74.3. The highest BCUT2D eigenvalue weighted by Crippen LogP contribution is 2.19. The van der Waals surface area contributed by atoms with E-state index in [4.69, 9.17) is 4.74 Å². The molecule has 0 bridgehead atoms. The van der Waals surface area contributed by atoms with E-state index in [9.17, 15) is 19.8 Å². The summed E-state index contributed by atoms with van der Waals surface area (Å²) in [5.74, 6) is -0.0590. The summed E-state index contributed by atoms with van der Waals surface area (Å²) in [5.41, 5.74) is 0. The summed E-state index contributed by atoms with van der Waals surface area (Å²) >= 11 is 0. The second-order valence-electron chi connectivity index (χ2n) is 26.3. The summed E-state index contributed by atoms with van der Waals surface area (Å²) in [4.78, 5) is 24.7. The molecule has 0 rings (SSSR count). The maximum Gasteiger partial charge on any atom is 0.305 e. The Kier molecular flexibility index (Phi) is 72.4. The van der Waals surface area contributed by atoms with Crippen molar-refractivity contribution in [1.82, 2.24) is 5.32 Å². The molecule has 85 heavy (non-hydrogen) atoms. The van der Waals surface area contributed by atoms with E-state index in [1.807, 2.05) is 6.08 Å². The van der Waals surface area contributed by atoms with E-state index in [0.717, 1.165) is 51.4 Å². The lowest BCUT2D eigenvalue weighted by molar-refractivity contribution is -0.143. The Bertz CT molecular complexity index is 1420. The van der Waals surface area contributed by atoms with E-state index in [0.29, 0.717) is 19.4 Å². The largest absolute Gasteiger partial charge is 0.466 e. The first kappa shape index (κ1) is 82.8. The minimum atomic E-state index is -0.848. The minimum absolute atomic E-state index is 0.00665. The standard InChI is InChI=1S/C79H149NO5/c1-3-5-7-9-11-13-15-17-19-21-22-23-24-27-30-33-36-40-43-47-51-55-59-63-67-71-77(82)76(75-81)80-78(83)72-68-64-60-56-52-48-44-41-37-34-31-28-25-26-29-32-35-38-42-46-50-54-58-62-66-70-74-85-79(84)73-69-65-61-57-53-49-45-39-20-18-16-14-12-10-8-6-4-2/h12,14,18,20,25,28,67,71,76-77,81-82H,3-11,13,15-17,19,21-24,26-27,29-66,68-70,72-75H2,1-2H3,(H,80,83)/b14-12-,20-18-,28-25-,71-67+. The monoisotopic (exact) mass is 1190 g/mol. The molecule has 3 N–H and O–H groups in total. The molecule has 0 aliphatic rings. The molecule has 0 fully saturated rings. The quantitative estimate of drug-likeness (QED) is 0.0320. The van der Waals surface area contributed by atoms with Crippen LogP contribution in [0, 0.1) is 0 Å². The third-order valence-corrected chi connectivity index (χ3v) is 17.8. The first-order valence-corrected chi connectivity index (χ1v) is 38.4. The molecule has 1 amide bonds. The van der Waals surface area contributed by atoms with Crippen LogP contribution in [0.4, 0.5) is 0 Å². The van der Waals surface area contributed by atoms with Crippen molar-refractivity contribution in [3.63, 3.8) is 0 Å². The Balaban J connectivity index is 3.42. The Morgan fingerprint density at radius 1 is 0.329 bits per heavy atom. The highest BCUT2D eigenvalue weighted by molar-refractivity contribution is 5.76. The predicted molar refractivity (Wildman–Crippen MR) is 375 cm³/mol. The Morgan fingerprint density at radius 3 is 0.929 bits per heavy atom. The fourth-order valence-corrected chi connectivity index (χ4v) is 12.0. The third-order valence-electron chi connectivity index (χ3n) is 17.8. The number of hydrogen-bond donors (Lipinski definition) is 3. The molecule has 0 spiro atoms. The number of hydrogen-bond acceptors (Lipinski definition) is 5. The van der Waals surface area contributed by atoms with E-state index < -0.39 is 12.1 Å². The Morgan fingerprint density at radius 2 is 0.588 bits per heavy atom. The van der Waals surface area contributed by atoms with E-state index >= 15 is 0 Å². The fraction of sp³-hybridized carbons (Fsp3) is 0.873. The third kappa shape index (κ3) is 70.8. The van der Waals surface area contributed by atoms with Gasteiger partial charge in [-0.3, -0.25) is 9.59 Å². The van der Waals surface area contributed by atoms with Crippen LogP contribution in [0.3, 0.4) is 0 Å². The number of carbonyl (C=O) groups excluding carboxylic acids is 2. The van der Waals surface area contributed by atoms with Gasteiger partial charge in [0.2, 0.25) is 5.91 Å². The number of esters is 1. The zero-order valence-corrected chi connectivity index (χ0v) is 57.4. The summed E-state index contributed by atoms with van der Waals surface area (Å²) in [7, 11) is 0. The Labute approximate surface area is 531 Å². The molecule has 0 aromatic heterocycles. The van der Waals surface area contributed by atoms with Crippen LogP contribution in [0.1, 0.15) is 418 Å². The lowest BCUT2D eigenvalue weighted by Crippen LogP contribution is -2.45. The first-order chi connectivity index (χ1) is 42.0.